The third kappa shape index (κ3) is 5.67. The summed E-state index contributed by atoms with van der Waals surface area (Å²) in [4.78, 5) is 12.8. The number of sulfonamides is 1. The molecule has 0 aliphatic heterocycles. The van der Waals surface area contributed by atoms with Crippen LogP contribution in [0.1, 0.15) is 15.9 Å². The normalized spacial score (nSPS) is 12.0. The van der Waals surface area contributed by atoms with E-state index in [0.717, 1.165) is 11.8 Å². The van der Waals surface area contributed by atoms with Gasteiger partial charge in [-0.2, -0.15) is 4.31 Å². The number of hydrogen-bond acceptors (Lipinski definition) is 8. The van der Waals surface area contributed by atoms with E-state index in [1.54, 1.807) is 0 Å². The summed E-state index contributed by atoms with van der Waals surface area (Å²) in [6.07, 6.45) is 1.10. The van der Waals surface area contributed by atoms with Gasteiger partial charge in [0.2, 0.25) is 15.9 Å². The maximum Gasteiger partial charge on any atom is 0.322 e. The maximum absolute atomic E-state index is 12.9. The van der Waals surface area contributed by atoms with Crippen molar-refractivity contribution in [2.24, 2.45) is 0 Å². The highest BCUT2D eigenvalue weighted by molar-refractivity contribution is 7.90. The summed E-state index contributed by atoms with van der Waals surface area (Å²) in [7, 11) is -5.60. The molecular weight excluding hydrogens is 504 g/mol. The molecule has 1 heterocycles. The van der Waals surface area contributed by atoms with Crippen LogP contribution >= 0.6 is 0 Å². The molecule has 0 aliphatic rings. The largest absolute Gasteiger partial charge is 0.403 e. The highest BCUT2D eigenvalue weighted by Gasteiger charge is 2.22. The molecule has 0 unspecified atom stereocenters. The Bertz CT molecular complexity index is 1580. The number of hydrogen-bond donors (Lipinski definition) is 1. The molecule has 0 spiro atoms. The Balaban J connectivity index is 1.43. The lowest BCUT2D eigenvalue weighted by Crippen LogP contribution is -2.26. The van der Waals surface area contributed by atoms with Crippen molar-refractivity contribution in [2.45, 2.75) is 16.3 Å². The van der Waals surface area contributed by atoms with Crippen molar-refractivity contribution < 1.29 is 26.0 Å². The summed E-state index contributed by atoms with van der Waals surface area (Å²) >= 11 is 0. The first kappa shape index (κ1) is 25.2. The van der Waals surface area contributed by atoms with Crippen LogP contribution in [0.2, 0.25) is 0 Å². The zero-order valence-corrected chi connectivity index (χ0v) is 21.0. The van der Waals surface area contributed by atoms with Crippen molar-refractivity contribution in [3.63, 3.8) is 0 Å². The van der Waals surface area contributed by atoms with Crippen LogP contribution in [0.15, 0.2) is 93.1 Å². The topological polar surface area (TPSA) is 140 Å². The van der Waals surface area contributed by atoms with Crippen LogP contribution in [0.5, 0.6) is 0 Å². The van der Waals surface area contributed by atoms with E-state index in [9.17, 15) is 21.6 Å². The lowest BCUT2D eigenvalue weighted by atomic mass is 10.2. The highest BCUT2D eigenvalue weighted by Crippen LogP contribution is 2.22. The van der Waals surface area contributed by atoms with Gasteiger partial charge in [0.05, 0.1) is 9.79 Å². The van der Waals surface area contributed by atoms with Gasteiger partial charge in [0.1, 0.15) is 0 Å². The van der Waals surface area contributed by atoms with Crippen molar-refractivity contribution in [1.29, 1.82) is 0 Å². The minimum Gasteiger partial charge on any atom is -0.403 e. The fraction of sp³-hybridized carbons (Fsp3) is 0.125. The van der Waals surface area contributed by atoms with Gasteiger partial charge in [-0.05, 0) is 54.1 Å². The lowest BCUT2D eigenvalue weighted by Gasteiger charge is -2.17. The standard InChI is InChI=1S/C24H22N4O6S2/c1-28(16-17-6-4-3-5-7-17)36(32,33)21-14-8-18(9-15-21)22(29)25-24-27-26-23(34-24)19-10-12-20(13-11-19)35(2,30)31/h3-15H,16H2,1-2H3,(H,25,27,29). The molecule has 186 valence electrons. The van der Waals surface area contributed by atoms with E-state index in [1.807, 2.05) is 30.3 Å². The van der Waals surface area contributed by atoms with Gasteiger partial charge in [-0.25, -0.2) is 16.8 Å². The molecule has 4 rings (SSSR count). The summed E-state index contributed by atoms with van der Waals surface area (Å²) in [5, 5.41) is 10.1. The Morgan fingerprint density at radius 3 is 2.08 bits per heavy atom. The summed E-state index contributed by atoms with van der Waals surface area (Å²) < 4.78 is 55.6. The van der Waals surface area contributed by atoms with E-state index in [4.69, 9.17) is 4.42 Å². The average molecular weight is 527 g/mol. The number of aromatic nitrogens is 2. The number of anilines is 1. The van der Waals surface area contributed by atoms with Gasteiger partial charge in [0.25, 0.3) is 5.91 Å². The number of carbonyl (C=O) groups excluding carboxylic acids is 1. The van der Waals surface area contributed by atoms with E-state index in [-0.39, 0.29) is 33.8 Å². The van der Waals surface area contributed by atoms with E-state index in [0.29, 0.717) is 5.56 Å². The van der Waals surface area contributed by atoms with E-state index in [1.165, 1.54) is 59.9 Å². The van der Waals surface area contributed by atoms with Crippen molar-refractivity contribution in [1.82, 2.24) is 14.5 Å². The first-order chi connectivity index (χ1) is 17.0. The highest BCUT2D eigenvalue weighted by atomic mass is 32.2. The van der Waals surface area contributed by atoms with Crippen molar-refractivity contribution in [3.05, 3.63) is 90.0 Å². The Labute approximate surface area is 208 Å². The summed E-state index contributed by atoms with van der Waals surface area (Å²) in [6.45, 7) is 0.210. The molecule has 0 radical (unpaired) electrons. The number of amides is 1. The first-order valence-electron chi connectivity index (χ1n) is 10.6. The number of sulfone groups is 1. The monoisotopic (exact) mass is 526 g/mol. The van der Waals surface area contributed by atoms with Crippen molar-refractivity contribution >= 4 is 31.8 Å². The van der Waals surface area contributed by atoms with Crippen LogP contribution in [-0.4, -0.2) is 50.5 Å². The predicted octanol–water partition coefficient (Wildman–Crippen LogP) is 3.21. The second-order valence-corrected chi connectivity index (χ2v) is 12.0. The fourth-order valence-electron chi connectivity index (χ4n) is 3.29. The maximum atomic E-state index is 12.9. The lowest BCUT2D eigenvalue weighted by molar-refractivity contribution is 0.102. The quantitative estimate of drug-likeness (QED) is 0.369. The van der Waals surface area contributed by atoms with Gasteiger partial charge in [-0.3, -0.25) is 10.1 Å². The number of nitrogens with one attached hydrogen (secondary N) is 1. The second kappa shape index (κ2) is 10.0. The predicted molar refractivity (Wildman–Crippen MR) is 132 cm³/mol. The Morgan fingerprint density at radius 2 is 1.47 bits per heavy atom. The van der Waals surface area contributed by atoms with Gasteiger partial charge >= 0.3 is 6.01 Å². The molecule has 0 aliphatic carbocycles. The van der Waals surface area contributed by atoms with E-state index >= 15 is 0 Å². The van der Waals surface area contributed by atoms with Gasteiger partial charge in [-0.1, -0.05) is 35.4 Å². The smallest absolute Gasteiger partial charge is 0.322 e. The third-order valence-electron chi connectivity index (χ3n) is 5.25. The van der Waals surface area contributed by atoms with Gasteiger partial charge in [-0.15, -0.1) is 5.10 Å². The van der Waals surface area contributed by atoms with Crippen LogP contribution in [0, 0.1) is 0 Å². The van der Waals surface area contributed by atoms with Crippen LogP contribution < -0.4 is 5.32 Å². The molecule has 10 nitrogen and oxygen atoms in total. The van der Waals surface area contributed by atoms with E-state index in [2.05, 4.69) is 15.5 Å². The molecule has 1 N–H and O–H groups in total. The van der Waals surface area contributed by atoms with E-state index < -0.39 is 25.8 Å². The minimum atomic E-state index is -3.76. The molecule has 1 amide bonds. The number of carbonyl (C=O) groups is 1. The van der Waals surface area contributed by atoms with Crippen molar-refractivity contribution in [2.75, 3.05) is 18.6 Å². The molecule has 3 aromatic carbocycles. The summed E-state index contributed by atoms with van der Waals surface area (Å²) in [5.41, 5.74) is 1.52. The molecule has 0 saturated carbocycles. The molecule has 0 bridgehead atoms. The van der Waals surface area contributed by atoms with Crippen molar-refractivity contribution in [3.8, 4) is 11.5 Å². The Morgan fingerprint density at radius 1 is 0.861 bits per heavy atom. The molecule has 1 aromatic heterocycles. The van der Waals surface area contributed by atoms with Crippen LogP contribution in [0.25, 0.3) is 11.5 Å². The number of benzene rings is 3. The van der Waals surface area contributed by atoms with Gasteiger partial charge < -0.3 is 4.42 Å². The zero-order chi connectivity index (χ0) is 25.9. The Kier molecular flexibility index (Phi) is 7.02. The molecule has 0 fully saturated rings. The second-order valence-electron chi connectivity index (χ2n) is 7.93. The van der Waals surface area contributed by atoms with Crippen LogP contribution in [0.4, 0.5) is 6.01 Å². The van der Waals surface area contributed by atoms with Crippen LogP contribution in [0.3, 0.4) is 0 Å². The molecule has 12 heteroatoms. The summed E-state index contributed by atoms with van der Waals surface area (Å²) in [6, 6.07) is 20.4. The van der Waals surface area contributed by atoms with Crippen LogP contribution in [-0.2, 0) is 26.4 Å². The molecule has 0 atom stereocenters. The summed E-state index contributed by atoms with van der Waals surface area (Å²) in [5.74, 6) is -0.479. The minimum absolute atomic E-state index is 0.0510. The number of nitrogens with zero attached hydrogens (tertiary/aromatic N) is 3. The average Bonchev–Trinajstić information content (AvgIpc) is 3.32. The number of rotatable bonds is 8. The zero-order valence-electron chi connectivity index (χ0n) is 19.3. The molecule has 36 heavy (non-hydrogen) atoms. The third-order valence-corrected chi connectivity index (χ3v) is 8.19. The molecule has 0 saturated heterocycles. The Hall–Kier alpha value is -3.87. The SMILES string of the molecule is CN(Cc1ccccc1)S(=O)(=O)c1ccc(C(=O)Nc2nnc(-c3ccc(S(C)(=O)=O)cc3)o2)cc1. The molecule has 4 aromatic rings. The first-order valence-corrected chi connectivity index (χ1v) is 13.9. The van der Waals surface area contributed by atoms with Gasteiger partial charge in [0, 0.05) is 31.0 Å². The fourth-order valence-corrected chi connectivity index (χ4v) is 5.08. The molecular formula is C24H22N4O6S2. The van der Waals surface area contributed by atoms with Gasteiger partial charge in [0.15, 0.2) is 9.84 Å².